The van der Waals surface area contributed by atoms with Gasteiger partial charge in [-0.25, -0.2) is 9.82 Å². The van der Waals surface area contributed by atoms with Crippen LogP contribution in [0.3, 0.4) is 0 Å². The molecular weight excluding hydrogens is 361 g/mol. The number of nitrogens with one attached hydrogen (secondary N) is 2. The lowest BCUT2D eigenvalue weighted by Crippen LogP contribution is -3.15. The number of amides is 1. The van der Waals surface area contributed by atoms with Crippen LogP contribution in [0.25, 0.3) is 0 Å². The SMILES string of the molecule is C/C(=N/NC(=O)COc1cccc(F)c1)[C@@H](c1ccccc1)[NH+]1CCOCC1. The summed E-state index contributed by atoms with van der Waals surface area (Å²) >= 11 is 0. The van der Waals surface area contributed by atoms with Gasteiger partial charge in [0.2, 0.25) is 0 Å². The van der Waals surface area contributed by atoms with Gasteiger partial charge in [-0.15, -0.1) is 0 Å². The minimum absolute atomic E-state index is 0.0366. The van der Waals surface area contributed by atoms with Crippen molar-refractivity contribution in [3.8, 4) is 5.75 Å². The zero-order valence-corrected chi connectivity index (χ0v) is 15.9. The average Bonchev–Trinajstić information content (AvgIpc) is 2.72. The second-order valence-electron chi connectivity index (χ2n) is 6.65. The third kappa shape index (κ3) is 5.61. The third-order valence-corrected chi connectivity index (χ3v) is 4.62. The van der Waals surface area contributed by atoms with Gasteiger partial charge in [-0.3, -0.25) is 4.79 Å². The number of benzene rings is 2. The van der Waals surface area contributed by atoms with Gasteiger partial charge >= 0.3 is 0 Å². The van der Waals surface area contributed by atoms with Crippen molar-refractivity contribution >= 4 is 11.6 Å². The lowest BCUT2D eigenvalue weighted by atomic mass is 10.0. The lowest BCUT2D eigenvalue weighted by molar-refractivity contribution is -0.928. The Morgan fingerprint density at radius 1 is 1.21 bits per heavy atom. The van der Waals surface area contributed by atoms with E-state index in [1.165, 1.54) is 23.1 Å². The molecule has 0 aromatic heterocycles. The lowest BCUT2D eigenvalue weighted by Gasteiger charge is -2.31. The Labute approximate surface area is 163 Å². The third-order valence-electron chi connectivity index (χ3n) is 4.62. The number of nitrogens with zero attached hydrogens (tertiary/aromatic N) is 1. The van der Waals surface area contributed by atoms with Gasteiger partial charge in [0.25, 0.3) is 5.91 Å². The van der Waals surface area contributed by atoms with E-state index in [1.807, 2.05) is 25.1 Å². The smallest absolute Gasteiger partial charge is 0.277 e. The maximum Gasteiger partial charge on any atom is 0.277 e. The predicted octanol–water partition coefficient (Wildman–Crippen LogP) is 1.35. The molecular formula is C21H25FN3O3+. The van der Waals surface area contributed by atoms with Crippen molar-refractivity contribution in [1.29, 1.82) is 0 Å². The second-order valence-corrected chi connectivity index (χ2v) is 6.65. The summed E-state index contributed by atoms with van der Waals surface area (Å²) in [6, 6.07) is 15.8. The highest BCUT2D eigenvalue weighted by Crippen LogP contribution is 2.13. The Hall–Kier alpha value is -2.77. The zero-order chi connectivity index (χ0) is 19.8. The molecule has 0 radical (unpaired) electrons. The van der Waals surface area contributed by atoms with E-state index in [9.17, 15) is 9.18 Å². The van der Waals surface area contributed by atoms with E-state index in [1.54, 1.807) is 6.07 Å². The van der Waals surface area contributed by atoms with Gasteiger partial charge in [0, 0.05) is 11.6 Å². The van der Waals surface area contributed by atoms with Crippen LogP contribution in [0.2, 0.25) is 0 Å². The first kappa shape index (κ1) is 20.0. The van der Waals surface area contributed by atoms with Crippen molar-refractivity contribution in [2.24, 2.45) is 5.10 Å². The van der Waals surface area contributed by atoms with Gasteiger partial charge in [-0.2, -0.15) is 5.10 Å². The predicted molar refractivity (Wildman–Crippen MR) is 104 cm³/mol. The average molecular weight is 386 g/mol. The van der Waals surface area contributed by atoms with Crippen LogP contribution in [-0.2, 0) is 9.53 Å². The van der Waals surface area contributed by atoms with E-state index in [2.05, 4.69) is 22.7 Å². The first-order valence-electron chi connectivity index (χ1n) is 9.32. The molecule has 0 aliphatic carbocycles. The fourth-order valence-corrected chi connectivity index (χ4v) is 3.29. The molecule has 148 valence electrons. The van der Waals surface area contributed by atoms with Crippen molar-refractivity contribution in [3.05, 3.63) is 66.0 Å². The van der Waals surface area contributed by atoms with Gasteiger partial charge in [-0.05, 0) is 19.1 Å². The number of carbonyl (C=O) groups is 1. The molecule has 1 atom stereocenters. The number of rotatable bonds is 7. The summed E-state index contributed by atoms with van der Waals surface area (Å²) in [5.74, 6) is -0.505. The number of hydrazone groups is 1. The van der Waals surface area contributed by atoms with Gasteiger partial charge < -0.3 is 14.4 Å². The molecule has 3 rings (SSSR count). The molecule has 0 unspecified atom stereocenters. The number of hydrogen-bond donors (Lipinski definition) is 2. The highest BCUT2D eigenvalue weighted by molar-refractivity contribution is 5.88. The van der Waals surface area contributed by atoms with Gasteiger partial charge in [0.05, 0.1) is 18.9 Å². The Kier molecular flexibility index (Phi) is 7.11. The Bertz CT molecular complexity index is 808. The molecule has 2 N–H and O–H groups in total. The van der Waals surface area contributed by atoms with E-state index in [0.717, 1.165) is 24.4 Å². The molecule has 0 bridgehead atoms. The van der Waals surface area contributed by atoms with Crippen LogP contribution >= 0.6 is 0 Å². The number of halogens is 1. The van der Waals surface area contributed by atoms with Crippen LogP contribution in [0.15, 0.2) is 59.7 Å². The van der Waals surface area contributed by atoms with Crippen molar-refractivity contribution in [1.82, 2.24) is 5.43 Å². The number of carbonyl (C=O) groups excluding carboxylic acids is 1. The van der Waals surface area contributed by atoms with Crippen LogP contribution in [0.4, 0.5) is 4.39 Å². The van der Waals surface area contributed by atoms with Crippen molar-refractivity contribution in [2.45, 2.75) is 13.0 Å². The maximum absolute atomic E-state index is 13.2. The largest absolute Gasteiger partial charge is 0.484 e. The summed E-state index contributed by atoms with van der Waals surface area (Å²) < 4.78 is 23.9. The molecule has 1 fully saturated rings. The zero-order valence-electron chi connectivity index (χ0n) is 15.9. The summed E-state index contributed by atoms with van der Waals surface area (Å²) in [6.07, 6.45) is 0. The van der Waals surface area contributed by atoms with Crippen LogP contribution in [0.5, 0.6) is 5.75 Å². The number of ether oxygens (including phenoxy) is 2. The molecule has 7 heteroatoms. The normalized spacial score (nSPS) is 16.4. The van der Waals surface area contributed by atoms with E-state index in [4.69, 9.17) is 9.47 Å². The van der Waals surface area contributed by atoms with Crippen LogP contribution in [-0.4, -0.2) is 44.5 Å². The second kappa shape index (κ2) is 9.96. The molecule has 0 saturated carbocycles. The Balaban J connectivity index is 1.63. The summed E-state index contributed by atoms with van der Waals surface area (Å²) in [6.45, 7) is 4.85. The van der Waals surface area contributed by atoms with Crippen molar-refractivity contribution < 1.29 is 23.6 Å². The minimum atomic E-state index is -0.411. The van der Waals surface area contributed by atoms with E-state index in [-0.39, 0.29) is 12.6 Å². The van der Waals surface area contributed by atoms with E-state index in [0.29, 0.717) is 19.0 Å². The van der Waals surface area contributed by atoms with Crippen LogP contribution in [0.1, 0.15) is 18.5 Å². The molecule has 2 aromatic rings. The molecule has 1 heterocycles. The fraction of sp³-hybridized carbons (Fsp3) is 0.333. The summed E-state index contributed by atoms with van der Waals surface area (Å²) in [5.41, 5.74) is 4.49. The molecule has 1 aliphatic rings. The van der Waals surface area contributed by atoms with E-state index < -0.39 is 11.7 Å². The first-order valence-corrected chi connectivity index (χ1v) is 9.32. The monoisotopic (exact) mass is 386 g/mol. The highest BCUT2D eigenvalue weighted by Gasteiger charge is 2.29. The quantitative estimate of drug-likeness (QED) is 0.558. The molecule has 6 nitrogen and oxygen atoms in total. The van der Waals surface area contributed by atoms with Crippen LogP contribution < -0.4 is 15.1 Å². The Morgan fingerprint density at radius 2 is 1.96 bits per heavy atom. The molecule has 0 spiro atoms. The summed E-state index contributed by atoms with van der Waals surface area (Å²) in [5, 5.41) is 4.31. The summed E-state index contributed by atoms with van der Waals surface area (Å²) in [4.78, 5) is 13.4. The highest BCUT2D eigenvalue weighted by atomic mass is 19.1. The molecule has 1 aliphatic heterocycles. The van der Waals surface area contributed by atoms with Crippen LogP contribution in [0, 0.1) is 5.82 Å². The van der Waals surface area contributed by atoms with Crippen molar-refractivity contribution in [2.75, 3.05) is 32.9 Å². The number of hydrogen-bond acceptors (Lipinski definition) is 4. The van der Waals surface area contributed by atoms with Crippen molar-refractivity contribution in [3.63, 3.8) is 0 Å². The molecule has 2 aromatic carbocycles. The molecule has 28 heavy (non-hydrogen) atoms. The minimum Gasteiger partial charge on any atom is -0.484 e. The fourth-order valence-electron chi connectivity index (χ4n) is 3.29. The maximum atomic E-state index is 13.2. The number of quaternary nitrogens is 1. The molecule has 1 amide bonds. The summed E-state index contributed by atoms with van der Waals surface area (Å²) in [7, 11) is 0. The van der Waals surface area contributed by atoms with E-state index >= 15 is 0 Å². The van der Waals surface area contributed by atoms with Gasteiger partial charge in [0.15, 0.2) is 12.6 Å². The Morgan fingerprint density at radius 3 is 2.68 bits per heavy atom. The van der Waals surface area contributed by atoms with Gasteiger partial charge in [-0.1, -0.05) is 36.4 Å². The number of morpholine rings is 1. The van der Waals surface area contributed by atoms with Gasteiger partial charge in [0.1, 0.15) is 24.7 Å². The standard InChI is InChI=1S/C21H24FN3O3/c1-16(23-24-20(26)15-28-19-9-5-8-18(22)14-19)21(17-6-3-2-4-7-17)25-10-12-27-13-11-25/h2-9,14,21H,10-13,15H2,1H3,(H,24,26)/p+1/b23-16-/t21-/m0/s1. The first-order chi connectivity index (χ1) is 13.6. The molecule has 1 saturated heterocycles. The topological polar surface area (TPSA) is 64.4 Å².